The quantitative estimate of drug-likeness (QED) is 0.713. The number of nitrogens with zero attached hydrogens (tertiary/aromatic N) is 3. The molecular weight excluding hydrogens is 286 g/mol. The Hall–Kier alpha value is -2.49. The van der Waals surface area contributed by atoms with Crippen molar-refractivity contribution in [1.82, 2.24) is 4.98 Å². The van der Waals surface area contributed by atoms with Crippen LogP contribution in [0.15, 0.2) is 47.1 Å². The van der Waals surface area contributed by atoms with Crippen molar-refractivity contribution in [2.75, 3.05) is 29.9 Å². The van der Waals surface area contributed by atoms with Crippen molar-refractivity contribution >= 4 is 28.2 Å². The molecule has 3 aromatic rings. The van der Waals surface area contributed by atoms with Crippen LogP contribution in [0.5, 0.6) is 0 Å². The molecule has 118 valence electrons. The van der Waals surface area contributed by atoms with Gasteiger partial charge in [0.1, 0.15) is 0 Å². The first-order valence-corrected chi connectivity index (χ1v) is 8.16. The summed E-state index contributed by atoms with van der Waals surface area (Å²) in [7, 11) is 2.01. The van der Waals surface area contributed by atoms with Crippen LogP contribution in [0.4, 0.5) is 17.3 Å². The van der Waals surface area contributed by atoms with Gasteiger partial charge in [0.05, 0.1) is 11.8 Å². The van der Waals surface area contributed by atoms with E-state index in [1.165, 1.54) is 23.9 Å². The van der Waals surface area contributed by atoms with Crippen LogP contribution in [-0.2, 0) is 0 Å². The van der Waals surface area contributed by atoms with Crippen LogP contribution in [-0.4, -0.2) is 25.1 Å². The van der Waals surface area contributed by atoms with Crippen LogP contribution in [0.3, 0.4) is 0 Å². The van der Waals surface area contributed by atoms with Crippen molar-refractivity contribution in [3.63, 3.8) is 0 Å². The molecule has 0 unspecified atom stereocenters. The van der Waals surface area contributed by atoms with Gasteiger partial charge in [-0.05, 0) is 50.1 Å². The minimum atomic E-state index is 0.830. The molecular formula is C19H21N3O. The van der Waals surface area contributed by atoms with E-state index < -0.39 is 0 Å². The van der Waals surface area contributed by atoms with Crippen LogP contribution < -0.4 is 9.80 Å². The molecule has 1 fully saturated rings. The maximum atomic E-state index is 5.49. The molecule has 23 heavy (non-hydrogen) atoms. The van der Waals surface area contributed by atoms with Crippen LogP contribution in [0.25, 0.3) is 10.9 Å². The van der Waals surface area contributed by atoms with Gasteiger partial charge in [0.2, 0.25) is 0 Å². The summed E-state index contributed by atoms with van der Waals surface area (Å²) in [5, 5.41) is 1.23. The lowest BCUT2D eigenvalue weighted by Gasteiger charge is -2.22. The monoisotopic (exact) mass is 307 g/mol. The Kier molecular flexibility index (Phi) is 3.45. The molecule has 1 aliphatic heterocycles. The largest absolute Gasteiger partial charge is 0.448 e. The Labute approximate surface area is 136 Å². The summed E-state index contributed by atoms with van der Waals surface area (Å²) in [5.74, 6) is 0.830. The molecule has 0 spiro atoms. The normalized spacial score (nSPS) is 14.6. The number of aromatic nitrogens is 1. The van der Waals surface area contributed by atoms with Crippen molar-refractivity contribution in [2.45, 2.75) is 19.8 Å². The number of aryl methyl sites for hydroxylation is 1. The van der Waals surface area contributed by atoms with Crippen molar-refractivity contribution < 1.29 is 4.42 Å². The van der Waals surface area contributed by atoms with E-state index in [2.05, 4.69) is 36.1 Å². The van der Waals surface area contributed by atoms with Gasteiger partial charge in [-0.3, -0.25) is 4.98 Å². The maximum absolute atomic E-state index is 5.49. The number of hydrogen-bond acceptors (Lipinski definition) is 4. The summed E-state index contributed by atoms with van der Waals surface area (Å²) < 4.78 is 5.49. The first-order valence-electron chi connectivity index (χ1n) is 8.16. The average molecular weight is 307 g/mol. The van der Waals surface area contributed by atoms with E-state index >= 15 is 0 Å². The second kappa shape index (κ2) is 5.61. The predicted octanol–water partition coefficient (Wildman–Crippen LogP) is 4.50. The van der Waals surface area contributed by atoms with Gasteiger partial charge in [0.25, 0.3) is 0 Å². The topological polar surface area (TPSA) is 32.5 Å². The van der Waals surface area contributed by atoms with Crippen molar-refractivity contribution in [2.24, 2.45) is 0 Å². The number of fused-ring (bicyclic) bond motifs is 1. The standard InChI is InChI=1S/C19H21N3O/c1-14-12-18(22-9-3-4-10-22)16-8-7-15(13-17(16)20-14)21(2)19-6-5-11-23-19/h5-8,11-13H,3-4,9-10H2,1-2H3. The van der Waals surface area contributed by atoms with Gasteiger partial charge in [-0.2, -0.15) is 0 Å². The zero-order valence-corrected chi connectivity index (χ0v) is 13.6. The van der Waals surface area contributed by atoms with Crippen LogP contribution in [0.1, 0.15) is 18.5 Å². The molecule has 4 rings (SSSR count). The molecule has 0 N–H and O–H groups in total. The molecule has 0 bridgehead atoms. The molecule has 0 saturated carbocycles. The Morgan fingerprint density at radius 1 is 1.13 bits per heavy atom. The van der Waals surface area contributed by atoms with Crippen LogP contribution >= 0.6 is 0 Å². The van der Waals surface area contributed by atoms with E-state index in [9.17, 15) is 0 Å². The van der Waals surface area contributed by atoms with E-state index in [1.54, 1.807) is 6.26 Å². The number of benzene rings is 1. The highest BCUT2D eigenvalue weighted by atomic mass is 16.3. The lowest BCUT2D eigenvalue weighted by atomic mass is 10.1. The van der Waals surface area contributed by atoms with Gasteiger partial charge in [0, 0.05) is 48.7 Å². The summed E-state index contributed by atoms with van der Waals surface area (Å²) in [6.45, 7) is 4.36. The van der Waals surface area contributed by atoms with E-state index in [-0.39, 0.29) is 0 Å². The van der Waals surface area contributed by atoms with E-state index in [1.807, 2.05) is 24.1 Å². The molecule has 1 aliphatic rings. The van der Waals surface area contributed by atoms with E-state index in [4.69, 9.17) is 9.40 Å². The molecule has 1 aromatic carbocycles. The summed E-state index contributed by atoms with van der Waals surface area (Å²) >= 11 is 0. The maximum Gasteiger partial charge on any atom is 0.199 e. The third-order valence-corrected chi connectivity index (χ3v) is 4.57. The molecule has 4 heteroatoms. The first-order chi connectivity index (χ1) is 11.2. The molecule has 0 radical (unpaired) electrons. The molecule has 2 aromatic heterocycles. The fourth-order valence-corrected chi connectivity index (χ4v) is 3.34. The molecule has 4 nitrogen and oxygen atoms in total. The summed E-state index contributed by atoms with van der Waals surface area (Å²) in [4.78, 5) is 9.27. The Bertz CT molecular complexity index is 820. The zero-order valence-electron chi connectivity index (χ0n) is 13.6. The molecule has 1 saturated heterocycles. The number of pyridine rings is 1. The third kappa shape index (κ3) is 2.54. The highest BCUT2D eigenvalue weighted by molar-refractivity contribution is 5.94. The summed E-state index contributed by atoms with van der Waals surface area (Å²) in [6, 6.07) is 12.5. The van der Waals surface area contributed by atoms with Crippen molar-refractivity contribution in [3.05, 3.63) is 48.4 Å². The number of anilines is 3. The van der Waals surface area contributed by atoms with Gasteiger partial charge in [-0.25, -0.2) is 0 Å². The zero-order chi connectivity index (χ0) is 15.8. The van der Waals surface area contributed by atoms with E-state index in [0.717, 1.165) is 35.9 Å². The molecule has 0 aliphatic carbocycles. The minimum absolute atomic E-state index is 0.830. The molecule has 3 heterocycles. The van der Waals surface area contributed by atoms with Gasteiger partial charge < -0.3 is 14.2 Å². The second-order valence-corrected chi connectivity index (χ2v) is 6.19. The smallest absolute Gasteiger partial charge is 0.199 e. The van der Waals surface area contributed by atoms with Gasteiger partial charge in [-0.1, -0.05) is 0 Å². The Morgan fingerprint density at radius 2 is 1.96 bits per heavy atom. The first kappa shape index (κ1) is 14.1. The van der Waals surface area contributed by atoms with E-state index in [0.29, 0.717) is 0 Å². The van der Waals surface area contributed by atoms with Crippen molar-refractivity contribution in [1.29, 1.82) is 0 Å². The SMILES string of the molecule is Cc1cc(N2CCCC2)c2ccc(N(C)c3ccco3)cc2n1. The highest BCUT2D eigenvalue weighted by Gasteiger charge is 2.17. The molecule has 0 atom stereocenters. The second-order valence-electron chi connectivity index (χ2n) is 6.19. The van der Waals surface area contributed by atoms with Gasteiger partial charge >= 0.3 is 0 Å². The average Bonchev–Trinajstić information content (AvgIpc) is 3.26. The number of rotatable bonds is 3. The van der Waals surface area contributed by atoms with Crippen molar-refractivity contribution in [3.8, 4) is 0 Å². The predicted molar refractivity (Wildman–Crippen MR) is 94.7 cm³/mol. The number of hydrogen-bond donors (Lipinski definition) is 0. The fraction of sp³-hybridized carbons (Fsp3) is 0.316. The number of furan rings is 1. The Morgan fingerprint density at radius 3 is 2.70 bits per heavy atom. The molecule has 0 amide bonds. The summed E-state index contributed by atoms with van der Waals surface area (Å²) in [5.41, 5.74) is 4.51. The highest BCUT2D eigenvalue weighted by Crippen LogP contribution is 2.33. The summed E-state index contributed by atoms with van der Waals surface area (Å²) in [6.07, 6.45) is 4.26. The van der Waals surface area contributed by atoms with Gasteiger partial charge in [0.15, 0.2) is 5.88 Å². The minimum Gasteiger partial charge on any atom is -0.448 e. The van der Waals surface area contributed by atoms with Crippen LogP contribution in [0.2, 0.25) is 0 Å². The Balaban J connectivity index is 1.80. The fourth-order valence-electron chi connectivity index (χ4n) is 3.34. The lowest BCUT2D eigenvalue weighted by molar-refractivity contribution is 0.570. The van der Waals surface area contributed by atoms with Gasteiger partial charge in [-0.15, -0.1) is 0 Å². The lowest BCUT2D eigenvalue weighted by Crippen LogP contribution is -2.18. The van der Waals surface area contributed by atoms with Crippen LogP contribution in [0, 0.1) is 6.92 Å². The third-order valence-electron chi connectivity index (χ3n) is 4.57.